The van der Waals surface area contributed by atoms with Crippen LogP contribution in [0.5, 0.6) is 0 Å². The van der Waals surface area contributed by atoms with Gasteiger partial charge in [0.2, 0.25) is 5.91 Å². The van der Waals surface area contributed by atoms with Gasteiger partial charge >= 0.3 is 65.8 Å². The number of aromatic nitrogens is 4. The molecule has 12 N–H and O–H groups in total. The monoisotopic (exact) mass is 966 g/mol. The lowest BCUT2D eigenvalue weighted by Crippen LogP contribution is -2.51. The van der Waals surface area contributed by atoms with Crippen molar-refractivity contribution in [3.63, 3.8) is 0 Å². The number of nitrogens with one attached hydrogen (secondary N) is 3. The number of fused-ring (bicyclic) bond motifs is 5. The number of carbonyl (C=O) groups is 11. The lowest BCUT2D eigenvalue weighted by Gasteiger charge is -2.28. The molecule has 4 heterocycles. The summed E-state index contributed by atoms with van der Waals surface area (Å²) >= 11 is 0. The van der Waals surface area contributed by atoms with E-state index in [0.29, 0.717) is 40.8 Å². The zero-order valence-electron chi connectivity index (χ0n) is 36.7. The number of nitrogens with zero attached hydrogens (tertiary/aromatic N) is 7. The molecule has 0 saturated heterocycles. The Balaban J connectivity index is 1.38. The van der Waals surface area contributed by atoms with E-state index < -0.39 is 129 Å². The number of urea groups is 1. The van der Waals surface area contributed by atoms with Gasteiger partial charge in [-0.25, -0.2) is 28.0 Å². The number of unbranched alkanes of at least 4 members (excludes halogenated alkanes) is 2. The first kappa shape index (κ1) is 52.9. The summed E-state index contributed by atoms with van der Waals surface area (Å²) in [4.78, 5) is 133. The second kappa shape index (κ2) is 23.7. The van der Waals surface area contributed by atoms with E-state index in [1.54, 1.807) is 33.9 Å². The Hall–Kier alpha value is -7.69. The Morgan fingerprint density at radius 1 is 0.632 bits per heavy atom. The number of nitrogens with two attached hydrogens (primary N) is 1. The maximum Gasteiger partial charge on any atom is 0.380 e. The second-order valence-corrected chi connectivity index (χ2v) is 16.4. The summed E-state index contributed by atoms with van der Waals surface area (Å²) in [7, 11) is 0. The van der Waals surface area contributed by atoms with Crippen molar-refractivity contribution in [2.45, 2.75) is 102 Å². The molecule has 372 valence electrons. The van der Waals surface area contributed by atoms with Crippen LogP contribution in [0.1, 0.15) is 69.3 Å². The number of quaternary nitrogens is 1. The molecule has 0 fully saturated rings. The molecule has 0 saturated carbocycles. The van der Waals surface area contributed by atoms with Crippen molar-refractivity contribution in [1.82, 2.24) is 34.9 Å². The van der Waals surface area contributed by atoms with E-state index in [-0.39, 0.29) is 62.9 Å². The van der Waals surface area contributed by atoms with Gasteiger partial charge in [0, 0.05) is 13.0 Å². The van der Waals surface area contributed by atoms with Gasteiger partial charge in [0.25, 0.3) is 11.8 Å². The fourth-order valence-corrected chi connectivity index (χ4v) is 8.20. The highest BCUT2D eigenvalue weighted by Gasteiger charge is 2.63. The predicted molar refractivity (Wildman–Crippen MR) is 220 cm³/mol. The van der Waals surface area contributed by atoms with Gasteiger partial charge in [0.05, 0.1) is 12.6 Å². The Morgan fingerprint density at radius 2 is 1.07 bits per heavy atom. The van der Waals surface area contributed by atoms with Crippen molar-refractivity contribution in [3.05, 3.63) is 36.4 Å². The second-order valence-electron chi connectivity index (χ2n) is 16.4. The maximum absolute atomic E-state index is 13.2. The van der Waals surface area contributed by atoms with Crippen LogP contribution >= 0.6 is 0 Å². The highest BCUT2D eigenvalue weighted by molar-refractivity contribution is 5.87. The number of aliphatic carboxylic acids is 7. The van der Waals surface area contributed by atoms with Crippen molar-refractivity contribution >= 4 is 65.5 Å². The standard InChI is InChI=1S/C39H53N11O18/c40-23(35(63)41-9-3-1-6-24(36(64)65)42-38(68)43-25(37(66)67)7-8-30(53)54)5-2-4-14-50-21-26-44(15-28(51)46(17-31(55)56)18-32(57)58)10-12-48(26)39(50)49-13-11-45(27(49)22-50)16-29(52)47(19-33(59)60)20-34(61)62/h10-13,23-25,39H,1-9,14-22,40H2,(H7-3,41,42,43,53,54,55,56,57,58,59,60,61,62,63,64,65,66,67,68)/p+3/t23-,24-,25-,39?,50?/m0/s1. The average Bonchev–Trinajstić information content (AvgIpc) is 3.96. The number of rotatable bonds is 30. The summed E-state index contributed by atoms with van der Waals surface area (Å²) in [5.41, 5.74) is 6.22. The Kier molecular flexibility index (Phi) is 18.4. The summed E-state index contributed by atoms with van der Waals surface area (Å²) < 4.78 is 7.24. The summed E-state index contributed by atoms with van der Waals surface area (Å²) in [5, 5.41) is 71.6. The molecule has 2 aliphatic heterocycles. The number of carboxylic acid groups (broad SMARTS) is 7. The fraction of sp³-hybridized carbons (Fsp3) is 0.564. The number of carboxylic acids is 7. The van der Waals surface area contributed by atoms with Gasteiger partial charge in [-0.2, -0.15) is 0 Å². The van der Waals surface area contributed by atoms with Crippen molar-refractivity contribution in [3.8, 4) is 0 Å². The first-order valence-corrected chi connectivity index (χ1v) is 21.3. The zero-order valence-corrected chi connectivity index (χ0v) is 36.7. The summed E-state index contributed by atoms with van der Waals surface area (Å²) in [6.07, 6.45) is 6.77. The van der Waals surface area contributed by atoms with E-state index in [1.165, 1.54) is 0 Å². The van der Waals surface area contributed by atoms with Gasteiger partial charge < -0.3 is 67.2 Å². The molecule has 0 aromatic carbocycles. The van der Waals surface area contributed by atoms with Crippen LogP contribution in [0.15, 0.2) is 24.8 Å². The predicted octanol–water partition coefficient (Wildman–Crippen LogP) is -4.44. The lowest BCUT2D eigenvalue weighted by atomic mass is 10.1. The van der Waals surface area contributed by atoms with E-state index in [2.05, 4.69) is 10.6 Å². The molecule has 2 aliphatic rings. The third kappa shape index (κ3) is 14.4. The molecule has 2 aromatic heterocycles. The van der Waals surface area contributed by atoms with Crippen molar-refractivity contribution in [2.24, 2.45) is 5.73 Å². The van der Waals surface area contributed by atoms with Crippen LogP contribution in [0.2, 0.25) is 0 Å². The minimum absolute atomic E-state index is 0.0822. The Bertz CT molecular complexity index is 2150. The number of hydrogen-bond donors (Lipinski definition) is 11. The molecule has 0 bridgehead atoms. The molecule has 0 spiro atoms. The molecule has 2 aromatic rings. The van der Waals surface area contributed by atoms with E-state index in [9.17, 15) is 83.4 Å². The first-order chi connectivity index (χ1) is 32.0. The fourth-order valence-electron chi connectivity index (χ4n) is 8.20. The first-order valence-electron chi connectivity index (χ1n) is 21.3. The third-order valence-electron chi connectivity index (χ3n) is 11.4. The number of amides is 5. The van der Waals surface area contributed by atoms with E-state index >= 15 is 0 Å². The van der Waals surface area contributed by atoms with Crippen LogP contribution in [0.4, 0.5) is 4.79 Å². The van der Waals surface area contributed by atoms with Gasteiger partial charge in [-0.15, -0.1) is 9.13 Å². The molecule has 0 unspecified atom stereocenters. The Morgan fingerprint density at radius 3 is 1.50 bits per heavy atom. The highest BCUT2D eigenvalue weighted by atomic mass is 16.4. The van der Waals surface area contributed by atoms with E-state index in [0.717, 1.165) is 0 Å². The smallest absolute Gasteiger partial charge is 0.380 e. The van der Waals surface area contributed by atoms with Crippen molar-refractivity contribution < 1.29 is 102 Å². The Labute approximate surface area is 385 Å². The molecule has 4 rings (SSSR count). The van der Waals surface area contributed by atoms with Crippen LogP contribution < -0.4 is 30.8 Å². The van der Waals surface area contributed by atoms with Crippen LogP contribution in [0.25, 0.3) is 0 Å². The van der Waals surface area contributed by atoms with E-state index in [4.69, 9.17) is 10.8 Å². The molecule has 5 amide bonds. The van der Waals surface area contributed by atoms with Gasteiger partial charge in [0.15, 0.2) is 26.2 Å². The number of carbonyl (C=O) groups excluding carboxylic acids is 4. The summed E-state index contributed by atoms with van der Waals surface area (Å²) in [6.45, 7) is -2.96. The largest absolute Gasteiger partial charge is 0.481 e. The lowest BCUT2D eigenvalue weighted by molar-refractivity contribution is -0.982. The summed E-state index contributed by atoms with van der Waals surface area (Å²) in [6, 6.07) is -5.02. The minimum atomic E-state index is -1.56. The van der Waals surface area contributed by atoms with Gasteiger partial charge in [-0.1, -0.05) is 0 Å². The molecule has 0 aliphatic carbocycles. The van der Waals surface area contributed by atoms with Crippen molar-refractivity contribution in [2.75, 3.05) is 39.3 Å². The van der Waals surface area contributed by atoms with Crippen LogP contribution in [-0.2, 0) is 74.1 Å². The normalized spacial score (nSPS) is 16.8. The minimum Gasteiger partial charge on any atom is -0.481 e. The SMILES string of the molecule is N[C@@H](CCCC[N+]12Cc3n(cc[n+]3CC(=O)N(CC(=O)O)CC(=O)O)C1n1cc[n+](CC(=O)N(CC(=O)O)CC(=O)O)c1C2)C(=O)NCCCC[C@H](NC(=O)N[C@@H](CCC(=O)O)C(=O)O)C(=O)O. The van der Waals surface area contributed by atoms with Gasteiger partial charge in [-0.3, -0.25) is 38.4 Å². The molecule has 68 heavy (non-hydrogen) atoms. The molecule has 29 nitrogen and oxygen atoms in total. The quantitative estimate of drug-likeness (QED) is 0.0200. The van der Waals surface area contributed by atoms with Crippen LogP contribution in [0, 0.1) is 0 Å². The van der Waals surface area contributed by atoms with Crippen molar-refractivity contribution in [1.29, 1.82) is 0 Å². The maximum atomic E-state index is 13.2. The molecule has 3 atom stereocenters. The molecule has 0 radical (unpaired) electrons. The highest BCUT2D eigenvalue weighted by Crippen LogP contribution is 2.42. The van der Waals surface area contributed by atoms with Crippen LogP contribution in [0.3, 0.4) is 0 Å². The van der Waals surface area contributed by atoms with Gasteiger partial charge in [0.1, 0.15) is 63.1 Å². The average molecular weight is 967 g/mol. The number of imidazole rings is 2. The van der Waals surface area contributed by atoms with E-state index in [1.807, 2.05) is 14.5 Å². The van der Waals surface area contributed by atoms with Crippen LogP contribution in [-0.4, -0.2) is 182 Å². The number of hydrogen-bond acceptors (Lipinski definition) is 12. The zero-order chi connectivity index (χ0) is 50.5. The third-order valence-corrected chi connectivity index (χ3v) is 11.4. The topological polar surface area (TPSA) is 416 Å². The molecular weight excluding hydrogens is 910 g/mol. The molecular formula is C39H56N11O18+3. The van der Waals surface area contributed by atoms with Gasteiger partial charge in [-0.05, 0) is 44.9 Å². The summed E-state index contributed by atoms with van der Waals surface area (Å²) in [5.74, 6) is -10.5. The molecule has 29 heteroatoms.